The molecule has 1 aliphatic heterocycles. The molecule has 3 rings (SSSR count). The molecule has 2 aromatic rings. The van der Waals surface area contributed by atoms with E-state index in [0.717, 1.165) is 36.8 Å². The molecular formula is C18H27N5O3. The topological polar surface area (TPSA) is 74.5 Å². The van der Waals surface area contributed by atoms with Gasteiger partial charge in [0.05, 0.1) is 26.9 Å². The summed E-state index contributed by atoms with van der Waals surface area (Å²) < 4.78 is 18.4. The van der Waals surface area contributed by atoms with Crippen molar-refractivity contribution in [1.82, 2.24) is 25.1 Å². The highest BCUT2D eigenvalue weighted by atomic mass is 16.5. The van der Waals surface area contributed by atoms with Crippen molar-refractivity contribution in [3.05, 3.63) is 34.6 Å². The van der Waals surface area contributed by atoms with Gasteiger partial charge in [-0.25, -0.2) is 4.68 Å². The lowest BCUT2D eigenvalue weighted by Gasteiger charge is -2.32. The van der Waals surface area contributed by atoms with E-state index in [4.69, 9.17) is 14.2 Å². The number of hydrogen-bond acceptors (Lipinski definition) is 7. The van der Waals surface area contributed by atoms with Crippen molar-refractivity contribution in [3.8, 4) is 5.75 Å². The molecule has 0 amide bonds. The molecule has 1 fully saturated rings. The average Bonchev–Trinajstić information content (AvgIpc) is 3.08. The molecule has 0 aliphatic carbocycles. The van der Waals surface area contributed by atoms with E-state index < -0.39 is 0 Å². The van der Waals surface area contributed by atoms with E-state index in [1.165, 1.54) is 11.1 Å². The maximum Gasteiger partial charge on any atom is 0.181 e. The minimum atomic E-state index is -0.146. The second kappa shape index (κ2) is 8.57. The monoisotopic (exact) mass is 361 g/mol. The highest BCUT2D eigenvalue weighted by molar-refractivity contribution is 5.43. The van der Waals surface area contributed by atoms with Crippen molar-refractivity contribution < 1.29 is 14.2 Å². The van der Waals surface area contributed by atoms with E-state index in [1.807, 2.05) is 0 Å². The van der Waals surface area contributed by atoms with Crippen LogP contribution in [0.4, 0.5) is 0 Å². The Labute approximate surface area is 154 Å². The summed E-state index contributed by atoms with van der Waals surface area (Å²) in [4.78, 5) is 2.36. The first-order valence-corrected chi connectivity index (χ1v) is 8.85. The fourth-order valence-electron chi connectivity index (χ4n) is 3.47. The van der Waals surface area contributed by atoms with Crippen LogP contribution in [0.5, 0.6) is 5.75 Å². The Kier molecular flexibility index (Phi) is 6.18. The van der Waals surface area contributed by atoms with Gasteiger partial charge in [-0.2, -0.15) is 0 Å². The fourth-order valence-corrected chi connectivity index (χ4v) is 3.47. The van der Waals surface area contributed by atoms with Crippen LogP contribution < -0.4 is 4.74 Å². The van der Waals surface area contributed by atoms with Gasteiger partial charge >= 0.3 is 0 Å². The Morgan fingerprint density at radius 2 is 2.12 bits per heavy atom. The summed E-state index contributed by atoms with van der Waals surface area (Å²) in [6.45, 7) is 8.44. The largest absolute Gasteiger partial charge is 0.496 e. The minimum absolute atomic E-state index is 0.146. The summed E-state index contributed by atoms with van der Waals surface area (Å²) in [7, 11) is 3.40. The first-order valence-electron chi connectivity index (χ1n) is 8.85. The fraction of sp³-hybridized carbons (Fsp3) is 0.611. The molecule has 1 atom stereocenters. The lowest BCUT2D eigenvalue weighted by Crippen LogP contribution is -2.39. The van der Waals surface area contributed by atoms with Crippen LogP contribution in [-0.4, -0.2) is 65.6 Å². The maximum absolute atomic E-state index is 5.94. The molecule has 142 valence electrons. The Morgan fingerprint density at radius 1 is 1.27 bits per heavy atom. The van der Waals surface area contributed by atoms with Crippen LogP contribution in [0, 0.1) is 13.8 Å². The third-order valence-corrected chi connectivity index (χ3v) is 4.60. The number of hydrogen-bond donors (Lipinski definition) is 0. The smallest absolute Gasteiger partial charge is 0.181 e. The highest BCUT2D eigenvalue weighted by Gasteiger charge is 2.27. The number of rotatable bonds is 7. The van der Waals surface area contributed by atoms with Gasteiger partial charge in [-0.15, -0.1) is 5.10 Å². The molecule has 2 heterocycles. The van der Waals surface area contributed by atoms with Crippen molar-refractivity contribution in [1.29, 1.82) is 0 Å². The number of methoxy groups -OCH3 is 2. The van der Waals surface area contributed by atoms with E-state index in [9.17, 15) is 0 Å². The maximum atomic E-state index is 5.94. The summed E-state index contributed by atoms with van der Waals surface area (Å²) in [5.41, 5.74) is 3.60. The van der Waals surface area contributed by atoms with E-state index in [0.29, 0.717) is 19.8 Å². The molecular weight excluding hydrogens is 334 g/mol. The van der Waals surface area contributed by atoms with Gasteiger partial charge in [0.2, 0.25) is 0 Å². The van der Waals surface area contributed by atoms with Gasteiger partial charge in [0.1, 0.15) is 11.9 Å². The van der Waals surface area contributed by atoms with E-state index in [1.54, 1.807) is 18.9 Å². The predicted octanol–water partition coefficient (Wildman–Crippen LogP) is 1.52. The highest BCUT2D eigenvalue weighted by Crippen LogP contribution is 2.28. The molecule has 1 aliphatic rings. The van der Waals surface area contributed by atoms with Crippen LogP contribution >= 0.6 is 0 Å². The van der Waals surface area contributed by atoms with Gasteiger partial charge in [0, 0.05) is 32.3 Å². The third-order valence-electron chi connectivity index (χ3n) is 4.60. The van der Waals surface area contributed by atoms with Gasteiger partial charge in [-0.05, 0) is 29.8 Å². The third kappa shape index (κ3) is 4.20. The number of aromatic nitrogens is 4. The molecule has 0 saturated carbocycles. The standard InChI is InChI=1S/C18H27N5O3/c1-13-9-14(2)17(25-4)15(10-13)11-22-5-8-26-16(12-22)18-19-20-21-23(18)6-7-24-3/h9-10,16H,5-8,11-12H2,1-4H3. The van der Waals surface area contributed by atoms with Crippen molar-refractivity contribution in [2.45, 2.75) is 33.0 Å². The van der Waals surface area contributed by atoms with Gasteiger partial charge in [0.25, 0.3) is 0 Å². The summed E-state index contributed by atoms with van der Waals surface area (Å²) >= 11 is 0. The van der Waals surface area contributed by atoms with Crippen LogP contribution in [0.3, 0.4) is 0 Å². The number of aryl methyl sites for hydroxylation is 2. The van der Waals surface area contributed by atoms with Crippen LogP contribution in [0.1, 0.15) is 28.6 Å². The lowest BCUT2D eigenvalue weighted by atomic mass is 10.0. The molecule has 0 spiro atoms. The second-order valence-corrected chi connectivity index (χ2v) is 6.62. The van der Waals surface area contributed by atoms with Crippen molar-refractivity contribution in [2.75, 3.05) is 40.5 Å². The SMILES string of the molecule is COCCn1nnnc1C1CN(Cc2cc(C)cc(C)c2OC)CCO1. The number of benzene rings is 1. The minimum Gasteiger partial charge on any atom is -0.496 e. The summed E-state index contributed by atoms with van der Waals surface area (Å²) in [6, 6.07) is 4.34. The predicted molar refractivity (Wildman–Crippen MR) is 96.1 cm³/mol. The number of morpholine rings is 1. The lowest BCUT2D eigenvalue weighted by molar-refractivity contribution is -0.0398. The molecule has 26 heavy (non-hydrogen) atoms. The van der Waals surface area contributed by atoms with Crippen molar-refractivity contribution in [3.63, 3.8) is 0 Å². The Bertz CT molecular complexity index is 734. The van der Waals surface area contributed by atoms with Crippen LogP contribution in [0.25, 0.3) is 0 Å². The zero-order chi connectivity index (χ0) is 18.5. The second-order valence-electron chi connectivity index (χ2n) is 6.62. The first-order chi connectivity index (χ1) is 12.6. The number of ether oxygens (including phenoxy) is 3. The summed E-state index contributed by atoms with van der Waals surface area (Å²) in [6.07, 6.45) is -0.146. The molecule has 0 radical (unpaired) electrons. The molecule has 1 aromatic carbocycles. The first kappa shape index (κ1) is 18.8. The summed E-state index contributed by atoms with van der Waals surface area (Å²) in [5, 5.41) is 12.0. The van der Waals surface area contributed by atoms with E-state index in [-0.39, 0.29) is 6.10 Å². The van der Waals surface area contributed by atoms with Gasteiger partial charge in [0.15, 0.2) is 5.82 Å². The normalized spacial score (nSPS) is 18.2. The van der Waals surface area contributed by atoms with Crippen LogP contribution in [0.2, 0.25) is 0 Å². The number of tetrazole rings is 1. The van der Waals surface area contributed by atoms with Gasteiger partial charge in [-0.1, -0.05) is 17.7 Å². The van der Waals surface area contributed by atoms with Gasteiger partial charge in [-0.3, -0.25) is 4.90 Å². The molecule has 0 bridgehead atoms. The Morgan fingerprint density at radius 3 is 2.88 bits per heavy atom. The van der Waals surface area contributed by atoms with Crippen molar-refractivity contribution in [2.24, 2.45) is 0 Å². The molecule has 1 unspecified atom stereocenters. The Hall–Kier alpha value is -2.03. The molecule has 0 N–H and O–H groups in total. The van der Waals surface area contributed by atoms with Gasteiger partial charge < -0.3 is 14.2 Å². The average molecular weight is 361 g/mol. The Balaban J connectivity index is 1.73. The molecule has 8 heteroatoms. The number of nitrogens with zero attached hydrogens (tertiary/aromatic N) is 5. The van der Waals surface area contributed by atoms with Crippen molar-refractivity contribution >= 4 is 0 Å². The molecule has 8 nitrogen and oxygen atoms in total. The molecule has 1 saturated heterocycles. The summed E-state index contributed by atoms with van der Waals surface area (Å²) in [5.74, 6) is 1.71. The quantitative estimate of drug-likeness (QED) is 0.740. The van der Waals surface area contributed by atoms with Crippen LogP contribution in [0.15, 0.2) is 12.1 Å². The van der Waals surface area contributed by atoms with E-state index in [2.05, 4.69) is 46.4 Å². The van der Waals surface area contributed by atoms with E-state index >= 15 is 0 Å². The molecule has 1 aromatic heterocycles. The van der Waals surface area contributed by atoms with Crippen LogP contribution in [-0.2, 0) is 22.6 Å². The zero-order valence-corrected chi connectivity index (χ0v) is 15.9. The zero-order valence-electron chi connectivity index (χ0n) is 15.9.